The zero-order chi connectivity index (χ0) is 9.40. The second-order valence-electron chi connectivity index (χ2n) is 2.39. The van der Waals surface area contributed by atoms with Gasteiger partial charge in [-0.3, -0.25) is 0 Å². The summed E-state index contributed by atoms with van der Waals surface area (Å²) in [6, 6.07) is 11.2. The van der Waals surface area contributed by atoms with Crippen LogP contribution >= 0.6 is 0 Å². The van der Waals surface area contributed by atoms with Crippen molar-refractivity contribution in [3.8, 4) is 6.07 Å². The van der Waals surface area contributed by atoms with E-state index in [1.165, 1.54) is 13.8 Å². The number of ketones is 1. The molecule has 0 aromatic heterocycles. The molecule has 0 aliphatic heterocycles. The first-order chi connectivity index (χ1) is 5.66. The summed E-state index contributed by atoms with van der Waals surface area (Å²) in [6.45, 7) is 3.06. The van der Waals surface area contributed by atoms with Crippen LogP contribution in [0.5, 0.6) is 0 Å². The van der Waals surface area contributed by atoms with Crippen molar-refractivity contribution >= 4 is 5.78 Å². The summed E-state index contributed by atoms with van der Waals surface area (Å²) in [5.74, 6) is 0.167. The molecule has 0 aliphatic carbocycles. The molecule has 0 bridgehead atoms. The van der Waals surface area contributed by atoms with Crippen LogP contribution in [0.1, 0.15) is 19.4 Å². The molecular weight excluding hydrogens is 150 g/mol. The minimum absolute atomic E-state index is 0.167. The average molecular weight is 161 g/mol. The van der Waals surface area contributed by atoms with E-state index in [1.54, 1.807) is 12.1 Å². The largest absolute Gasteiger partial charge is 0.300 e. The highest BCUT2D eigenvalue weighted by Crippen LogP contribution is 1.92. The molecule has 1 aromatic rings. The SMILES string of the molecule is CC(C)=O.N#Cc1ccccc1. The molecule has 0 atom stereocenters. The van der Waals surface area contributed by atoms with Crippen molar-refractivity contribution in [1.82, 2.24) is 0 Å². The number of benzene rings is 1. The maximum Gasteiger partial charge on any atom is 0.126 e. The van der Waals surface area contributed by atoms with Crippen LogP contribution in [0.15, 0.2) is 30.3 Å². The lowest BCUT2D eigenvalue weighted by atomic mass is 10.2. The minimum atomic E-state index is 0.167. The van der Waals surface area contributed by atoms with Gasteiger partial charge in [0.1, 0.15) is 5.78 Å². The van der Waals surface area contributed by atoms with Gasteiger partial charge in [-0.15, -0.1) is 0 Å². The quantitative estimate of drug-likeness (QED) is 0.585. The van der Waals surface area contributed by atoms with Crippen LogP contribution < -0.4 is 0 Å². The summed E-state index contributed by atoms with van der Waals surface area (Å²) in [4.78, 5) is 9.44. The molecule has 12 heavy (non-hydrogen) atoms. The number of rotatable bonds is 0. The molecule has 0 spiro atoms. The van der Waals surface area contributed by atoms with Crippen molar-refractivity contribution in [1.29, 1.82) is 5.26 Å². The maximum absolute atomic E-state index is 9.44. The van der Waals surface area contributed by atoms with Gasteiger partial charge in [-0.05, 0) is 26.0 Å². The first-order valence-corrected chi connectivity index (χ1v) is 3.59. The molecular formula is C10H11NO. The summed E-state index contributed by atoms with van der Waals surface area (Å²) in [5, 5.41) is 8.29. The van der Waals surface area contributed by atoms with Crippen molar-refractivity contribution in [3.63, 3.8) is 0 Å². The van der Waals surface area contributed by atoms with Gasteiger partial charge in [-0.1, -0.05) is 18.2 Å². The van der Waals surface area contributed by atoms with Gasteiger partial charge in [0.25, 0.3) is 0 Å². The Morgan fingerprint density at radius 1 is 1.25 bits per heavy atom. The van der Waals surface area contributed by atoms with Crippen LogP contribution in [0.3, 0.4) is 0 Å². The predicted octanol–water partition coefficient (Wildman–Crippen LogP) is 2.15. The van der Waals surface area contributed by atoms with Crippen molar-refractivity contribution in [3.05, 3.63) is 35.9 Å². The second-order valence-corrected chi connectivity index (χ2v) is 2.39. The Morgan fingerprint density at radius 2 is 1.67 bits per heavy atom. The standard InChI is InChI=1S/C7H5N.C3H6O/c8-6-7-4-2-1-3-5-7;1-3(2)4/h1-5H;1-2H3. The highest BCUT2D eigenvalue weighted by atomic mass is 16.1. The molecule has 0 saturated carbocycles. The first kappa shape index (κ1) is 10.4. The Balaban J connectivity index is 0.000000261. The molecule has 0 N–H and O–H groups in total. The van der Waals surface area contributed by atoms with E-state index in [1.807, 2.05) is 24.3 Å². The summed E-state index contributed by atoms with van der Waals surface area (Å²) < 4.78 is 0. The van der Waals surface area contributed by atoms with Crippen molar-refractivity contribution in [2.75, 3.05) is 0 Å². The summed E-state index contributed by atoms with van der Waals surface area (Å²) >= 11 is 0. The highest BCUT2D eigenvalue weighted by molar-refractivity contribution is 5.72. The number of carbonyl (C=O) groups is 1. The zero-order valence-corrected chi connectivity index (χ0v) is 7.24. The average Bonchev–Trinajstić information content (AvgIpc) is 2.05. The van der Waals surface area contributed by atoms with E-state index in [9.17, 15) is 4.79 Å². The van der Waals surface area contributed by atoms with Crippen LogP contribution in [0.2, 0.25) is 0 Å². The fourth-order valence-corrected chi connectivity index (χ4v) is 0.513. The second kappa shape index (κ2) is 6.11. The van der Waals surface area contributed by atoms with E-state index in [4.69, 9.17) is 5.26 Å². The molecule has 2 nitrogen and oxygen atoms in total. The minimum Gasteiger partial charge on any atom is -0.300 e. The number of Topliss-reactive ketones (excluding diaryl/α,β-unsaturated/α-hetero) is 1. The third-order valence-corrected chi connectivity index (χ3v) is 0.903. The lowest BCUT2D eigenvalue weighted by Crippen LogP contribution is -1.69. The molecule has 0 aliphatic rings. The Labute approximate surface area is 72.5 Å². The molecule has 2 heteroatoms. The van der Waals surface area contributed by atoms with Gasteiger partial charge in [-0.25, -0.2) is 0 Å². The van der Waals surface area contributed by atoms with E-state index in [0.29, 0.717) is 5.56 Å². The summed E-state index contributed by atoms with van der Waals surface area (Å²) in [5.41, 5.74) is 0.715. The van der Waals surface area contributed by atoms with Gasteiger partial charge in [-0.2, -0.15) is 5.26 Å². The van der Waals surface area contributed by atoms with Crippen LogP contribution in [0.4, 0.5) is 0 Å². The van der Waals surface area contributed by atoms with Crippen LogP contribution in [0.25, 0.3) is 0 Å². The fourth-order valence-electron chi connectivity index (χ4n) is 0.513. The smallest absolute Gasteiger partial charge is 0.126 e. The number of hydrogen-bond donors (Lipinski definition) is 0. The van der Waals surface area contributed by atoms with Crippen LogP contribution in [-0.2, 0) is 4.79 Å². The van der Waals surface area contributed by atoms with E-state index < -0.39 is 0 Å². The molecule has 0 unspecified atom stereocenters. The normalized spacial score (nSPS) is 7.42. The third-order valence-electron chi connectivity index (χ3n) is 0.903. The van der Waals surface area contributed by atoms with Gasteiger partial charge in [0.2, 0.25) is 0 Å². The molecule has 0 fully saturated rings. The predicted molar refractivity (Wildman–Crippen MR) is 47.5 cm³/mol. The molecule has 0 saturated heterocycles. The molecule has 62 valence electrons. The van der Waals surface area contributed by atoms with Crippen LogP contribution in [-0.4, -0.2) is 5.78 Å². The number of nitriles is 1. The highest BCUT2D eigenvalue weighted by Gasteiger charge is 1.79. The Kier molecular flexibility index (Phi) is 5.29. The van der Waals surface area contributed by atoms with Crippen molar-refractivity contribution in [2.45, 2.75) is 13.8 Å². The third kappa shape index (κ3) is 6.50. The van der Waals surface area contributed by atoms with E-state index in [0.717, 1.165) is 0 Å². The summed E-state index contributed by atoms with van der Waals surface area (Å²) in [7, 11) is 0. The zero-order valence-electron chi connectivity index (χ0n) is 7.24. The van der Waals surface area contributed by atoms with E-state index in [-0.39, 0.29) is 5.78 Å². The number of carbonyl (C=O) groups excluding carboxylic acids is 1. The molecule has 0 radical (unpaired) electrons. The van der Waals surface area contributed by atoms with Gasteiger partial charge < -0.3 is 4.79 Å². The van der Waals surface area contributed by atoms with Crippen molar-refractivity contribution in [2.24, 2.45) is 0 Å². The lowest BCUT2D eigenvalue weighted by molar-refractivity contribution is -0.114. The van der Waals surface area contributed by atoms with Crippen molar-refractivity contribution < 1.29 is 4.79 Å². The lowest BCUT2D eigenvalue weighted by Gasteiger charge is -1.80. The van der Waals surface area contributed by atoms with E-state index >= 15 is 0 Å². The molecule has 0 heterocycles. The summed E-state index contributed by atoms with van der Waals surface area (Å²) in [6.07, 6.45) is 0. The van der Waals surface area contributed by atoms with E-state index in [2.05, 4.69) is 0 Å². The Morgan fingerprint density at radius 3 is 1.92 bits per heavy atom. The topological polar surface area (TPSA) is 40.9 Å². The van der Waals surface area contributed by atoms with Gasteiger partial charge in [0.15, 0.2) is 0 Å². The van der Waals surface area contributed by atoms with Crippen LogP contribution in [0, 0.1) is 11.3 Å². The fraction of sp³-hybridized carbons (Fsp3) is 0.200. The molecule has 1 aromatic carbocycles. The van der Waals surface area contributed by atoms with Gasteiger partial charge in [0.05, 0.1) is 11.6 Å². The number of hydrogen-bond acceptors (Lipinski definition) is 2. The van der Waals surface area contributed by atoms with Gasteiger partial charge in [0, 0.05) is 0 Å². The van der Waals surface area contributed by atoms with Gasteiger partial charge >= 0.3 is 0 Å². The molecule has 1 rings (SSSR count). The Hall–Kier alpha value is -1.62. The number of nitrogens with zero attached hydrogens (tertiary/aromatic N) is 1. The monoisotopic (exact) mass is 161 g/mol. The first-order valence-electron chi connectivity index (χ1n) is 3.59. The molecule has 0 amide bonds. The Bertz CT molecular complexity index is 268. The maximum atomic E-state index is 9.44.